The quantitative estimate of drug-likeness (QED) is 0.898. The molecule has 0 radical (unpaired) electrons. The van der Waals surface area contributed by atoms with Crippen LogP contribution in [-0.4, -0.2) is 54.5 Å². The molecule has 0 saturated carbocycles. The van der Waals surface area contributed by atoms with Crippen molar-refractivity contribution >= 4 is 11.9 Å². The van der Waals surface area contributed by atoms with E-state index in [1.54, 1.807) is 4.90 Å². The normalized spacial score (nSPS) is 17.4. The molecule has 1 fully saturated rings. The smallest absolute Gasteiger partial charge is 0.317 e. The number of aryl methyl sites for hydroxylation is 2. The first kappa shape index (κ1) is 17.8. The number of benzene rings is 1. The van der Waals surface area contributed by atoms with E-state index < -0.39 is 0 Å². The second kappa shape index (κ2) is 7.06. The summed E-state index contributed by atoms with van der Waals surface area (Å²) in [6.07, 6.45) is 3.40. The van der Waals surface area contributed by atoms with Gasteiger partial charge in [-0.3, -0.25) is 4.79 Å². The highest BCUT2D eigenvalue weighted by Crippen LogP contribution is 2.23. The monoisotopic (exact) mass is 343 g/mol. The van der Waals surface area contributed by atoms with E-state index in [1.807, 2.05) is 11.0 Å². The van der Waals surface area contributed by atoms with Crippen molar-refractivity contribution < 1.29 is 9.59 Å². The third-order valence-corrected chi connectivity index (χ3v) is 4.97. The van der Waals surface area contributed by atoms with Gasteiger partial charge in [-0.1, -0.05) is 26.8 Å². The van der Waals surface area contributed by atoms with Gasteiger partial charge >= 0.3 is 6.03 Å². The molecule has 0 spiro atoms. The Morgan fingerprint density at radius 3 is 2.32 bits per heavy atom. The maximum absolute atomic E-state index is 12.7. The van der Waals surface area contributed by atoms with E-state index in [0.29, 0.717) is 32.7 Å². The van der Waals surface area contributed by atoms with Gasteiger partial charge in [0.1, 0.15) is 0 Å². The van der Waals surface area contributed by atoms with Crippen LogP contribution in [0.1, 0.15) is 48.7 Å². The molecular weight excluding hydrogens is 314 g/mol. The van der Waals surface area contributed by atoms with Crippen LogP contribution in [0, 0.1) is 5.41 Å². The third-order valence-electron chi connectivity index (χ3n) is 4.97. The SMILES string of the molecule is CC(C)(C)CNC(=O)N1CCN(C(=O)c2ccc3c(c2)CCC3)CC1. The summed E-state index contributed by atoms with van der Waals surface area (Å²) >= 11 is 0. The maximum Gasteiger partial charge on any atom is 0.317 e. The summed E-state index contributed by atoms with van der Waals surface area (Å²) in [5.74, 6) is 0.0875. The van der Waals surface area contributed by atoms with Crippen LogP contribution in [0.3, 0.4) is 0 Å². The lowest BCUT2D eigenvalue weighted by atomic mass is 9.97. The predicted octanol–water partition coefficient (Wildman–Crippen LogP) is 2.69. The lowest BCUT2D eigenvalue weighted by Crippen LogP contribution is -2.53. The predicted molar refractivity (Wildman–Crippen MR) is 98.8 cm³/mol. The summed E-state index contributed by atoms with van der Waals surface area (Å²) in [5, 5.41) is 2.98. The minimum absolute atomic E-state index is 0.0282. The standard InChI is InChI=1S/C20H29N3O2/c1-20(2,3)14-21-19(25)23-11-9-22(10-12-23)18(24)17-8-7-15-5-4-6-16(15)13-17/h7-8,13H,4-6,9-12,14H2,1-3H3,(H,21,25). The number of urea groups is 1. The van der Waals surface area contributed by atoms with Crippen molar-refractivity contribution in [2.24, 2.45) is 5.41 Å². The lowest BCUT2D eigenvalue weighted by molar-refractivity contribution is 0.0664. The van der Waals surface area contributed by atoms with Crippen LogP contribution in [0.25, 0.3) is 0 Å². The van der Waals surface area contributed by atoms with Gasteiger partial charge in [0.25, 0.3) is 5.91 Å². The van der Waals surface area contributed by atoms with Gasteiger partial charge in [0.15, 0.2) is 0 Å². The number of rotatable bonds is 2. The number of amides is 3. The average Bonchev–Trinajstić information content (AvgIpc) is 3.06. The van der Waals surface area contributed by atoms with E-state index in [1.165, 1.54) is 17.5 Å². The van der Waals surface area contributed by atoms with Crippen LogP contribution in [0.4, 0.5) is 4.79 Å². The molecule has 1 heterocycles. The Kier molecular flexibility index (Phi) is 5.02. The van der Waals surface area contributed by atoms with Gasteiger partial charge in [0.2, 0.25) is 0 Å². The van der Waals surface area contributed by atoms with Gasteiger partial charge in [0.05, 0.1) is 0 Å². The van der Waals surface area contributed by atoms with Crippen LogP contribution in [0.5, 0.6) is 0 Å². The van der Waals surface area contributed by atoms with Crippen molar-refractivity contribution in [1.82, 2.24) is 15.1 Å². The fraction of sp³-hybridized carbons (Fsp3) is 0.600. The average molecular weight is 343 g/mol. The van der Waals surface area contributed by atoms with Gasteiger partial charge in [-0.25, -0.2) is 4.79 Å². The molecule has 3 amide bonds. The fourth-order valence-electron chi connectivity index (χ4n) is 3.45. The summed E-state index contributed by atoms with van der Waals surface area (Å²) in [5.41, 5.74) is 3.57. The van der Waals surface area contributed by atoms with E-state index in [0.717, 1.165) is 18.4 Å². The highest BCUT2D eigenvalue weighted by molar-refractivity contribution is 5.94. The molecule has 1 aromatic carbocycles. The van der Waals surface area contributed by atoms with Crippen molar-refractivity contribution in [3.63, 3.8) is 0 Å². The first-order chi connectivity index (χ1) is 11.8. The molecule has 0 aromatic heterocycles. The molecule has 0 bridgehead atoms. The highest BCUT2D eigenvalue weighted by Gasteiger charge is 2.26. The molecule has 0 unspecified atom stereocenters. The number of piperazine rings is 1. The van der Waals surface area contributed by atoms with Crippen molar-refractivity contribution in [2.75, 3.05) is 32.7 Å². The molecule has 0 atom stereocenters. The summed E-state index contributed by atoms with van der Waals surface area (Å²) < 4.78 is 0. The van der Waals surface area contributed by atoms with Gasteiger partial charge < -0.3 is 15.1 Å². The third kappa shape index (κ3) is 4.33. The van der Waals surface area contributed by atoms with E-state index in [4.69, 9.17) is 0 Å². The molecule has 5 nitrogen and oxygen atoms in total. The summed E-state index contributed by atoms with van der Waals surface area (Å²) in [6, 6.07) is 6.09. The number of carbonyl (C=O) groups excluding carboxylic acids is 2. The van der Waals surface area contributed by atoms with Gasteiger partial charge in [-0.15, -0.1) is 0 Å². The molecule has 1 N–H and O–H groups in total. The molecule has 1 aromatic rings. The van der Waals surface area contributed by atoms with E-state index in [-0.39, 0.29) is 17.4 Å². The molecule has 5 heteroatoms. The number of hydrogen-bond acceptors (Lipinski definition) is 2. The molecule has 1 aliphatic carbocycles. The molecule has 2 aliphatic rings. The Morgan fingerprint density at radius 1 is 1.00 bits per heavy atom. The molecule has 3 rings (SSSR count). The number of fused-ring (bicyclic) bond motifs is 1. The van der Waals surface area contributed by atoms with Gasteiger partial charge in [0, 0.05) is 38.3 Å². The fourth-order valence-corrected chi connectivity index (χ4v) is 3.45. The second-order valence-corrected chi connectivity index (χ2v) is 8.34. The van der Waals surface area contributed by atoms with Crippen LogP contribution in [0.2, 0.25) is 0 Å². The van der Waals surface area contributed by atoms with Crippen LogP contribution < -0.4 is 5.32 Å². The molecule has 136 valence electrons. The van der Waals surface area contributed by atoms with E-state index in [9.17, 15) is 9.59 Å². The Bertz CT molecular complexity index is 655. The molecule has 25 heavy (non-hydrogen) atoms. The van der Waals surface area contributed by atoms with Gasteiger partial charge in [-0.05, 0) is 47.9 Å². The zero-order chi connectivity index (χ0) is 18.0. The molecule has 1 saturated heterocycles. The summed E-state index contributed by atoms with van der Waals surface area (Å²) in [4.78, 5) is 28.6. The van der Waals surface area contributed by atoms with Crippen molar-refractivity contribution in [1.29, 1.82) is 0 Å². The largest absolute Gasteiger partial charge is 0.337 e. The van der Waals surface area contributed by atoms with Crippen LogP contribution in [-0.2, 0) is 12.8 Å². The highest BCUT2D eigenvalue weighted by atomic mass is 16.2. The summed E-state index contributed by atoms with van der Waals surface area (Å²) in [7, 11) is 0. The Labute approximate surface area is 150 Å². The van der Waals surface area contributed by atoms with Crippen LogP contribution in [0.15, 0.2) is 18.2 Å². The number of hydrogen-bond donors (Lipinski definition) is 1. The van der Waals surface area contributed by atoms with Crippen molar-refractivity contribution in [3.8, 4) is 0 Å². The van der Waals surface area contributed by atoms with Crippen LogP contribution >= 0.6 is 0 Å². The number of carbonyl (C=O) groups is 2. The lowest BCUT2D eigenvalue weighted by Gasteiger charge is -2.35. The van der Waals surface area contributed by atoms with E-state index in [2.05, 4.69) is 38.2 Å². The van der Waals surface area contributed by atoms with Crippen molar-refractivity contribution in [2.45, 2.75) is 40.0 Å². The first-order valence-corrected chi connectivity index (χ1v) is 9.27. The first-order valence-electron chi connectivity index (χ1n) is 9.27. The minimum Gasteiger partial charge on any atom is -0.337 e. The molecule has 1 aliphatic heterocycles. The second-order valence-electron chi connectivity index (χ2n) is 8.34. The van der Waals surface area contributed by atoms with E-state index >= 15 is 0 Å². The van der Waals surface area contributed by atoms with Crippen molar-refractivity contribution in [3.05, 3.63) is 34.9 Å². The Balaban J connectivity index is 1.53. The topological polar surface area (TPSA) is 52.7 Å². The number of nitrogens with zero attached hydrogens (tertiary/aromatic N) is 2. The Morgan fingerprint density at radius 2 is 1.64 bits per heavy atom. The zero-order valence-electron chi connectivity index (χ0n) is 15.6. The maximum atomic E-state index is 12.7. The molecular formula is C20H29N3O2. The zero-order valence-corrected chi connectivity index (χ0v) is 15.6. The Hall–Kier alpha value is -2.04. The number of nitrogens with one attached hydrogen (secondary N) is 1. The van der Waals surface area contributed by atoms with Gasteiger partial charge in [-0.2, -0.15) is 0 Å². The summed E-state index contributed by atoms with van der Waals surface area (Å²) in [6.45, 7) is 9.32. The minimum atomic E-state index is -0.0282.